The van der Waals surface area contributed by atoms with Crippen molar-refractivity contribution < 1.29 is 23.7 Å². The van der Waals surface area contributed by atoms with Gasteiger partial charge in [0.2, 0.25) is 5.79 Å². The molecule has 20 heavy (non-hydrogen) atoms. The maximum absolute atomic E-state index is 8.27. The van der Waals surface area contributed by atoms with E-state index in [1.165, 1.54) is 0 Å². The number of hydrogen-bond acceptors (Lipinski definition) is 4. The predicted octanol–water partition coefficient (Wildman–Crippen LogP) is 4.25. The van der Waals surface area contributed by atoms with Gasteiger partial charge in [0.25, 0.3) is 0 Å². The van der Waals surface area contributed by atoms with Crippen molar-refractivity contribution in [2.75, 3.05) is 0 Å². The molecule has 0 aromatic carbocycles. The molecule has 118 valence electrons. The second-order valence-electron chi connectivity index (χ2n) is 7.67. The van der Waals surface area contributed by atoms with Crippen LogP contribution in [-0.4, -0.2) is 17.0 Å². The molecule has 0 saturated carbocycles. The van der Waals surface area contributed by atoms with Gasteiger partial charge in [-0.3, -0.25) is 0 Å². The van der Waals surface area contributed by atoms with Crippen molar-refractivity contribution in [1.82, 2.24) is 0 Å². The van der Waals surface area contributed by atoms with Gasteiger partial charge in [0.05, 0.1) is 17.6 Å². The van der Waals surface area contributed by atoms with Gasteiger partial charge in [-0.05, 0) is 41.5 Å². The zero-order valence-electron chi connectivity index (χ0n) is 17.1. The van der Waals surface area contributed by atoms with Gasteiger partial charge in [-0.2, -0.15) is 9.78 Å². The summed E-state index contributed by atoms with van der Waals surface area (Å²) in [4.78, 5) is 21.6. The summed E-state index contributed by atoms with van der Waals surface area (Å²) in [7, 11) is 0. The smallest absolute Gasteiger partial charge is 0.228 e. The summed E-state index contributed by atoms with van der Waals surface area (Å²) in [6.07, 6.45) is -0.524. The van der Waals surface area contributed by atoms with Crippen LogP contribution in [0.1, 0.15) is 72.8 Å². The van der Waals surface area contributed by atoms with E-state index in [1.54, 1.807) is 62.3 Å². The molecule has 4 nitrogen and oxygen atoms in total. The summed E-state index contributed by atoms with van der Waals surface area (Å²) in [5.41, 5.74) is -2.32. The SMILES string of the molecule is [2H]C#CC([2H])([2H])C(OOC(C)(C)C)(OOC(C)(C)C)C(C)(C)C. The molecule has 0 aliphatic rings. The average molecular weight is 289 g/mol. The first-order valence-electron chi connectivity index (χ1n) is 8.15. The van der Waals surface area contributed by atoms with E-state index in [-0.39, 0.29) is 0 Å². The van der Waals surface area contributed by atoms with Crippen LogP contribution in [-0.2, 0) is 19.6 Å². The van der Waals surface area contributed by atoms with E-state index in [0.717, 1.165) is 0 Å². The van der Waals surface area contributed by atoms with Gasteiger partial charge in [-0.1, -0.05) is 20.8 Å². The molecule has 4 heteroatoms. The quantitative estimate of drug-likeness (QED) is 0.328. The molecule has 0 N–H and O–H groups in total. The van der Waals surface area contributed by atoms with E-state index >= 15 is 0 Å². The molecule has 0 heterocycles. The Morgan fingerprint density at radius 2 is 1.25 bits per heavy atom. The highest BCUT2D eigenvalue weighted by molar-refractivity contribution is 4.96. The van der Waals surface area contributed by atoms with Crippen molar-refractivity contribution in [3.05, 3.63) is 0 Å². The van der Waals surface area contributed by atoms with Gasteiger partial charge in [-0.25, -0.2) is 9.78 Å². The summed E-state index contributed by atoms with van der Waals surface area (Å²) in [6, 6.07) is 0. The number of hydrogen-bond donors (Lipinski definition) is 0. The van der Waals surface area contributed by atoms with Crippen molar-refractivity contribution in [3.8, 4) is 12.3 Å². The molecule has 0 radical (unpaired) electrons. The van der Waals surface area contributed by atoms with Crippen molar-refractivity contribution in [3.63, 3.8) is 0 Å². The Morgan fingerprint density at radius 3 is 1.50 bits per heavy atom. The molecule has 0 aromatic rings. The van der Waals surface area contributed by atoms with Crippen LogP contribution in [0.5, 0.6) is 0 Å². The van der Waals surface area contributed by atoms with Gasteiger partial charge < -0.3 is 0 Å². The summed E-state index contributed by atoms with van der Waals surface area (Å²) in [5, 5.41) is 0. The number of rotatable bonds is 5. The van der Waals surface area contributed by atoms with Crippen molar-refractivity contribution >= 4 is 0 Å². The molecule has 0 spiro atoms. The minimum absolute atomic E-state index is 0.702. The summed E-state index contributed by atoms with van der Waals surface area (Å²) >= 11 is 0. The molecular weight excluding hydrogens is 256 g/mol. The lowest BCUT2D eigenvalue weighted by Gasteiger charge is -2.42. The third-order valence-electron chi connectivity index (χ3n) is 2.03. The van der Waals surface area contributed by atoms with E-state index < -0.39 is 28.8 Å². The Morgan fingerprint density at radius 1 is 0.850 bits per heavy atom. The first kappa shape index (κ1) is 14.3. The first-order valence-corrected chi connectivity index (χ1v) is 6.65. The van der Waals surface area contributed by atoms with Crippen molar-refractivity contribution in [2.45, 2.75) is 85.7 Å². The molecule has 0 unspecified atom stereocenters. The normalized spacial score (nSPS) is 16.8. The van der Waals surface area contributed by atoms with Gasteiger partial charge in [0.1, 0.15) is 1.37 Å². The minimum atomic E-state index is -2.36. The Hall–Kier alpha value is -0.600. The van der Waals surface area contributed by atoms with E-state index in [1.807, 2.05) is 6.40 Å². The van der Waals surface area contributed by atoms with Crippen molar-refractivity contribution in [1.29, 1.82) is 0 Å². The van der Waals surface area contributed by atoms with Crippen LogP contribution in [0.25, 0.3) is 0 Å². The molecule has 0 saturated heterocycles. The van der Waals surface area contributed by atoms with E-state index in [9.17, 15) is 0 Å². The Bertz CT molecular complexity index is 427. The zero-order valence-corrected chi connectivity index (χ0v) is 14.1. The fourth-order valence-corrected chi connectivity index (χ4v) is 0.943. The molecule has 0 atom stereocenters. The standard InChI is InChI=1S/C16H30O4/c1-11-12-16(13(2,3)4,19-17-14(5,6)7)20-18-15(8,9)10/h1H,12H2,2-10H3/i1D,12D2. The van der Waals surface area contributed by atoms with E-state index in [2.05, 4.69) is 5.92 Å². The third-order valence-corrected chi connectivity index (χ3v) is 2.03. The largest absolute Gasteiger partial charge is 0.249 e. The van der Waals surface area contributed by atoms with Gasteiger partial charge in [-0.15, -0.1) is 12.3 Å². The highest BCUT2D eigenvalue weighted by atomic mass is 17.3. The maximum Gasteiger partial charge on any atom is 0.249 e. The maximum atomic E-state index is 8.27. The molecule has 0 fully saturated rings. The second-order valence-corrected chi connectivity index (χ2v) is 7.67. The fourth-order valence-electron chi connectivity index (χ4n) is 0.943. The summed E-state index contributed by atoms with van der Waals surface area (Å²) in [6.45, 7) is 15.7. The minimum Gasteiger partial charge on any atom is -0.228 e. The van der Waals surface area contributed by atoms with Crippen LogP contribution in [0.4, 0.5) is 0 Å². The fraction of sp³-hybridized carbons (Fsp3) is 0.875. The Kier molecular flexibility index (Phi) is 4.62. The monoisotopic (exact) mass is 289 g/mol. The van der Waals surface area contributed by atoms with Crippen LogP contribution in [0.2, 0.25) is 0 Å². The van der Waals surface area contributed by atoms with Crippen LogP contribution in [0.3, 0.4) is 0 Å². The molecule has 0 rings (SSSR count). The van der Waals surface area contributed by atoms with E-state index in [0.29, 0.717) is 0 Å². The van der Waals surface area contributed by atoms with Gasteiger partial charge in [0, 0.05) is 8.16 Å². The van der Waals surface area contributed by atoms with Crippen LogP contribution in [0.15, 0.2) is 0 Å². The van der Waals surface area contributed by atoms with Crippen LogP contribution >= 0.6 is 0 Å². The first-order chi connectivity index (χ1) is 9.97. The second kappa shape index (κ2) is 6.44. The Labute approximate surface area is 128 Å². The van der Waals surface area contributed by atoms with Crippen LogP contribution in [0, 0.1) is 17.7 Å². The lowest BCUT2D eigenvalue weighted by Crippen LogP contribution is -2.50. The third kappa shape index (κ3) is 6.71. The molecule has 0 amide bonds. The lowest BCUT2D eigenvalue weighted by atomic mass is 9.83. The lowest BCUT2D eigenvalue weighted by molar-refractivity contribution is -0.558. The van der Waals surface area contributed by atoms with Gasteiger partial charge in [0.15, 0.2) is 0 Å². The molecular formula is C16H30O4. The Balaban J connectivity index is 5.97. The summed E-state index contributed by atoms with van der Waals surface area (Å²) in [5.74, 6) is 0.177. The molecule has 0 bridgehead atoms. The van der Waals surface area contributed by atoms with Crippen molar-refractivity contribution in [2.24, 2.45) is 5.41 Å². The predicted molar refractivity (Wildman–Crippen MR) is 79.5 cm³/mol. The van der Waals surface area contributed by atoms with Crippen LogP contribution < -0.4 is 0 Å². The molecule has 0 aliphatic heterocycles. The highest BCUT2D eigenvalue weighted by Crippen LogP contribution is 2.40. The highest BCUT2D eigenvalue weighted by Gasteiger charge is 2.48. The van der Waals surface area contributed by atoms with Gasteiger partial charge >= 0.3 is 0 Å². The molecule has 0 aromatic heterocycles. The average Bonchev–Trinajstić information content (AvgIpc) is 2.23. The topological polar surface area (TPSA) is 36.9 Å². The van der Waals surface area contributed by atoms with E-state index in [4.69, 9.17) is 23.7 Å². The zero-order chi connectivity index (χ0) is 18.7. The summed E-state index contributed by atoms with van der Waals surface area (Å²) < 4.78 is 23.6. The molecule has 0 aliphatic carbocycles. The number of terminal acetylenes is 1.